The van der Waals surface area contributed by atoms with Crippen molar-refractivity contribution in [1.82, 2.24) is 10.3 Å². The fraction of sp³-hybridized carbons (Fsp3) is 0.269. The van der Waals surface area contributed by atoms with Crippen molar-refractivity contribution in [1.29, 1.82) is 0 Å². The number of allylic oxidation sites excluding steroid dienone is 1. The minimum Gasteiger partial charge on any atom is -0.487 e. The van der Waals surface area contributed by atoms with Crippen LogP contribution in [0.25, 0.3) is 12.2 Å². The Morgan fingerprint density at radius 2 is 1.89 bits per heavy atom. The van der Waals surface area contributed by atoms with Gasteiger partial charge in [-0.15, -0.1) is 0 Å². The number of nitrogens with two attached hydrogens (primary N) is 1. The van der Waals surface area contributed by atoms with Gasteiger partial charge in [-0.25, -0.2) is 9.37 Å². The van der Waals surface area contributed by atoms with E-state index in [1.54, 1.807) is 6.20 Å². The summed E-state index contributed by atoms with van der Waals surface area (Å²) in [5.74, 6) is -0.110. The highest BCUT2D eigenvalue weighted by Gasteiger charge is 2.30. The Hall–Kier alpha value is -3.75. The Morgan fingerprint density at radius 3 is 2.57 bits per heavy atom. The number of halogens is 4. The number of unbranched alkanes of at least 4 members (excludes halogenated alkanes) is 1. The van der Waals surface area contributed by atoms with E-state index < -0.39 is 17.6 Å². The van der Waals surface area contributed by atoms with Crippen LogP contribution < -0.4 is 15.8 Å². The second kappa shape index (κ2) is 12.1. The van der Waals surface area contributed by atoms with Gasteiger partial charge < -0.3 is 20.2 Å². The minimum atomic E-state index is -4.60. The van der Waals surface area contributed by atoms with Crippen LogP contribution in [-0.4, -0.2) is 11.5 Å². The van der Waals surface area contributed by atoms with Crippen molar-refractivity contribution in [2.75, 3.05) is 6.54 Å². The van der Waals surface area contributed by atoms with E-state index in [9.17, 15) is 17.6 Å². The third-order valence-electron chi connectivity index (χ3n) is 4.98. The average Bonchev–Trinajstić information content (AvgIpc) is 3.27. The summed E-state index contributed by atoms with van der Waals surface area (Å²) in [6.07, 6.45) is 4.36. The Morgan fingerprint density at radius 1 is 1.11 bits per heavy atom. The second-order valence-corrected chi connectivity index (χ2v) is 7.98. The van der Waals surface area contributed by atoms with Gasteiger partial charge in [-0.1, -0.05) is 18.2 Å². The van der Waals surface area contributed by atoms with Gasteiger partial charge in [0, 0.05) is 30.1 Å². The van der Waals surface area contributed by atoms with E-state index in [-0.39, 0.29) is 18.1 Å². The van der Waals surface area contributed by atoms with Crippen molar-refractivity contribution in [2.45, 2.75) is 39.0 Å². The molecule has 0 amide bonds. The lowest BCUT2D eigenvalue weighted by Gasteiger charge is -2.07. The average molecular weight is 490 g/mol. The Balaban J connectivity index is 1.45. The molecule has 9 heteroatoms. The van der Waals surface area contributed by atoms with Crippen LogP contribution >= 0.6 is 0 Å². The quantitative estimate of drug-likeness (QED) is 0.244. The fourth-order valence-corrected chi connectivity index (χ4v) is 3.16. The van der Waals surface area contributed by atoms with Crippen molar-refractivity contribution < 1.29 is 26.7 Å². The van der Waals surface area contributed by atoms with Crippen molar-refractivity contribution in [3.8, 4) is 5.75 Å². The maximum atomic E-state index is 13.9. The number of nitrogens with one attached hydrogen (secondary N) is 1. The molecule has 3 N–H and O–H groups in total. The van der Waals surface area contributed by atoms with Gasteiger partial charge in [0.2, 0.25) is 5.89 Å². The van der Waals surface area contributed by atoms with Gasteiger partial charge in [0.15, 0.2) is 0 Å². The molecule has 186 valence electrons. The first kappa shape index (κ1) is 25.9. The molecule has 2 aromatic carbocycles. The maximum absolute atomic E-state index is 13.9. The van der Waals surface area contributed by atoms with Crippen molar-refractivity contribution in [2.24, 2.45) is 5.73 Å². The number of ether oxygens (including phenoxy) is 1. The lowest BCUT2D eigenvalue weighted by atomic mass is 10.1. The van der Waals surface area contributed by atoms with E-state index in [1.807, 2.05) is 31.2 Å². The smallest absolute Gasteiger partial charge is 0.416 e. The maximum Gasteiger partial charge on any atom is 0.416 e. The first-order chi connectivity index (χ1) is 16.7. The Kier molecular flexibility index (Phi) is 8.94. The molecule has 0 unspecified atom stereocenters. The van der Waals surface area contributed by atoms with Gasteiger partial charge in [0.1, 0.15) is 30.1 Å². The van der Waals surface area contributed by atoms with Crippen LogP contribution in [0.2, 0.25) is 0 Å². The number of hydrogen-bond donors (Lipinski definition) is 2. The van der Waals surface area contributed by atoms with Crippen LogP contribution in [0.3, 0.4) is 0 Å². The van der Waals surface area contributed by atoms with E-state index in [1.165, 1.54) is 24.0 Å². The highest BCUT2D eigenvalue weighted by Crippen LogP contribution is 2.30. The van der Waals surface area contributed by atoms with Gasteiger partial charge >= 0.3 is 6.18 Å². The van der Waals surface area contributed by atoms with Crippen LogP contribution in [0.4, 0.5) is 17.6 Å². The summed E-state index contributed by atoms with van der Waals surface area (Å²) in [5, 5.41) is 3.16. The molecule has 0 radical (unpaired) electrons. The third-order valence-corrected chi connectivity index (χ3v) is 4.98. The molecule has 0 bridgehead atoms. The summed E-state index contributed by atoms with van der Waals surface area (Å²) in [5.41, 5.74) is 7.01. The molecular formula is C26H27F4N3O2. The number of aryl methyl sites for hydroxylation is 1. The SMILES string of the molecule is C/C(N)=C/NCCCCc1ccc(OCc2coc(/C=C/c3ccc(C(F)(F)F)cc3F)n2)cc1. The topological polar surface area (TPSA) is 73.3 Å². The minimum absolute atomic E-state index is 0.00662. The van der Waals surface area contributed by atoms with Crippen molar-refractivity contribution in [3.05, 3.63) is 94.7 Å². The van der Waals surface area contributed by atoms with Gasteiger partial charge in [0.05, 0.1) is 5.56 Å². The number of oxazole rings is 1. The van der Waals surface area contributed by atoms with Crippen LogP contribution in [0.15, 0.2) is 65.0 Å². The standard InChI is InChI=1S/C26H27F4N3O2/c1-18(31)15-32-13-3-2-4-19-5-10-23(11-6-19)34-16-22-17-35-25(33-22)12-8-20-7-9-21(14-24(20)27)26(28,29)30/h5-12,14-15,17,32H,2-4,13,16,31H2,1H3/b12-8+,18-15-. The number of alkyl halides is 3. The predicted molar refractivity (Wildman–Crippen MR) is 126 cm³/mol. The van der Waals surface area contributed by atoms with Crippen LogP contribution in [0, 0.1) is 5.82 Å². The highest BCUT2D eigenvalue weighted by molar-refractivity contribution is 5.66. The van der Waals surface area contributed by atoms with Gasteiger partial charge in [0.25, 0.3) is 0 Å². The molecule has 0 saturated heterocycles. The van der Waals surface area contributed by atoms with Gasteiger partial charge in [-0.2, -0.15) is 13.2 Å². The zero-order chi connectivity index (χ0) is 25.3. The van der Waals surface area contributed by atoms with Gasteiger partial charge in [-0.3, -0.25) is 0 Å². The Labute approximate surface area is 201 Å². The van der Waals surface area contributed by atoms with Gasteiger partial charge in [-0.05, 0) is 62.1 Å². The summed E-state index contributed by atoms with van der Waals surface area (Å²) in [4.78, 5) is 4.22. The summed E-state index contributed by atoms with van der Waals surface area (Å²) in [6.45, 7) is 2.89. The molecule has 5 nitrogen and oxygen atoms in total. The fourth-order valence-electron chi connectivity index (χ4n) is 3.16. The molecule has 0 saturated carbocycles. The summed E-state index contributed by atoms with van der Waals surface area (Å²) < 4.78 is 62.9. The number of benzene rings is 2. The van der Waals surface area contributed by atoms with E-state index in [0.717, 1.165) is 43.6 Å². The number of nitrogens with zero attached hydrogens (tertiary/aromatic N) is 1. The summed E-state index contributed by atoms with van der Waals surface area (Å²) in [7, 11) is 0. The van der Waals surface area contributed by atoms with E-state index in [4.69, 9.17) is 14.9 Å². The molecule has 3 aromatic rings. The summed E-state index contributed by atoms with van der Waals surface area (Å²) in [6, 6.07) is 10.2. The Bertz CT molecular complexity index is 1150. The largest absolute Gasteiger partial charge is 0.487 e. The zero-order valence-electron chi connectivity index (χ0n) is 19.2. The van der Waals surface area contributed by atoms with E-state index in [2.05, 4.69) is 10.3 Å². The molecule has 0 aliphatic heterocycles. The summed E-state index contributed by atoms with van der Waals surface area (Å²) >= 11 is 0. The second-order valence-electron chi connectivity index (χ2n) is 7.98. The molecular weight excluding hydrogens is 462 g/mol. The number of rotatable bonds is 11. The first-order valence-electron chi connectivity index (χ1n) is 11.1. The lowest BCUT2D eigenvalue weighted by molar-refractivity contribution is -0.137. The predicted octanol–water partition coefficient (Wildman–Crippen LogP) is 6.31. The van der Waals surface area contributed by atoms with Crippen LogP contribution in [0.5, 0.6) is 5.75 Å². The molecule has 1 heterocycles. The van der Waals surface area contributed by atoms with Crippen LogP contribution in [0.1, 0.15) is 48.0 Å². The first-order valence-corrected chi connectivity index (χ1v) is 11.1. The molecule has 0 aliphatic rings. The normalized spacial score (nSPS) is 12.3. The molecule has 0 aliphatic carbocycles. The number of hydrogen-bond acceptors (Lipinski definition) is 5. The van der Waals surface area contributed by atoms with E-state index in [0.29, 0.717) is 17.5 Å². The van der Waals surface area contributed by atoms with Crippen LogP contribution in [-0.2, 0) is 19.2 Å². The lowest BCUT2D eigenvalue weighted by Crippen LogP contribution is -2.10. The van der Waals surface area contributed by atoms with E-state index >= 15 is 0 Å². The molecule has 35 heavy (non-hydrogen) atoms. The molecule has 3 rings (SSSR count). The highest BCUT2D eigenvalue weighted by atomic mass is 19.4. The molecule has 0 spiro atoms. The molecule has 1 aromatic heterocycles. The number of aromatic nitrogens is 1. The zero-order valence-corrected chi connectivity index (χ0v) is 19.2. The molecule has 0 fully saturated rings. The third kappa shape index (κ3) is 8.51. The molecule has 0 atom stereocenters. The van der Waals surface area contributed by atoms with Crippen molar-refractivity contribution >= 4 is 12.2 Å². The van der Waals surface area contributed by atoms with Crippen molar-refractivity contribution in [3.63, 3.8) is 0 Å². The monoisotopic (exact) mass is 489 g/mol.